The summed E-state index contributed by atoms with van der Waals surface area (Å²) in [6.45, 7) is 4.34. The summed E-state index contributed by atoms with van der Waals surface area (Å²) in [5.74, 6) is 0.812. The summed E-state index contributed by atoms with van der Waals surface area (Å²) in [5.41, 5.74) is 3.43. The van der Waals surface area contributed by atoms with E-state index in [1.54, 1.807) is 42.5 Å². The molecule has 9 heteroatoms. The van der Waals surface area contributed by atoms with Gasteiger partial charge in [0.1, 0.15) is 11.5 Å². The van der Waals surface area contributed by atoms with E-state index in [1.807, 2.05) is 30.3 Å². The van der Waals surface area contributed by atoms with Gasteiger partial charge in [0.15, 0.2) is 0 Å². The normalized spacial score (nSPS) is 14.2. The molecule has 4 aromatic rings. The van der Waals surface area contributed by atoms with Crippen LogP contribution in [-0.4, -0.2) is 37.0 Å². The molecule has 1 N–H and O–H groups in total. The van der Waals surface area contributed by atoms with Gasteiger partial charge >= 0.3 is 0 Å². The molecule has 2 heterocycles. The van der Waals surface area contributed by atoms with Crippen LogP contribution in [0.4, 0.5) is 11.4 Å². The number of hydrogen-bond acceptors (Lipinski definition) is 4. The predicted molar refractivity (Wildman–Crippen MR) is 162 cm³/mol. The molecule has 1 amide bonds. The molecule has 5 nitrogen and oxygen atoms in total. The first-order valence-electron chi connectivity index (χ1n) is 12.4. The molecule has 0 unspecified atom stereocenters. The van der Waals surface area contributed by atoms with Gasteiger partial charge in [0.05, 0.1) is 15.7 Å². The van der Waals surface area contributed by atoms with Gasteiger partial charge in [-0.25, -0.2) is 0 Å². The molecule has 1 saturated heterocycles. The molecule has 0 saturated carbocycles. The van der Waals surface area contributed by atoms with Crippen molar-refractivity contribution in [2.75, 3.05) is 36.4 Å². The first kappa shape index (κ1) is 27.6. The molecular formula is C30H25Cl4N3O2. The Labute approximate surface area is 247 Å². The van der Waals surface area contributed by atoms with Crippen LogP contribution in [0, 0.1) is 0 Å². The molecule has 1 aliphatic rings. The van der Waals surface area contributed by atoms with Gasteiger partial charge in [-0.1, -0.05) is 64.6 Å². The molecule has 1 fully saturated rings. The molecule has 0 spiro atoms. The summed E-state index contributed by atoms with van der Waals surface area (Å²) in [5, 5.41) is 5.28. The Morgan fingerprint density at radius 1 is 0.846 bits per heavy atom. The molecule has 0 atom stereocenters. The maximum Gasteiger partial charge on any atom is 0.248 e. The highest BCUT2D eigenvalue weighted by atomic mass is 35.5. The molecule has 39 heavy (non-hydrogen) atoms. The number of anilines is 2. The summed E-state index contributed by atoms with van der Waals surface area (Å²) < 4.78 is 5.81. The van der Waals surface area contributed by atoms with Gasteiger partial charge in [-0.3, -0.25) is 9.69 Å². The Bertz CT molecular complexity index is 1510. The van der Waals surface area contributed by atoms with Crippen molar-refractivity contribution in [2.24, 2.45) is 0 Å². The third kappa shape index (κ3) is 6.99. The minimum absolute atomic E-state index is 0.297. The van der Waals surface area contributed by atoms with Crippen LogP contribution in [0.15, 0.2) is 83.3 Å². The van der Waals surface area contributed by atoms with Crippen LogP contribution < -0.4 is 10.2 Å². The average Bonchev–Trinajstić information content (AvgIpc) is 3.38. The number of amides is 1. The lowest BCUT2D eigenvalue weighted by Crippen LogP contribution is -2.46. The zero-order chi connectivity index (χ0) is 27.4. The minimum atomic E-state index is -0.297. The van der Waals surface area contributed by atoms with Crippen molar-refractivity contribution in [3.63, 3.8) is 0 Å². The number of piperazine rings is 1. The standard InChI is InChI=1S/C30H25Cl4N3O2/c31-21-5-9-24(26(33)17-21)29-11-7-23(39-29)8-12-30(38)35-22-6-10-28(27(34)18-22)37-15-13-36(14-16-37)19-20-3-1-2-4-25(20)32/h1-12,17-18H,13-16,19H2,(H,35,38). The smallest absolute Gasteiger partial charge is 0.248 e. The fourth-order valence-electron chi connectivity index (χ4n) is 4.47. The zero-order valence-corrected chi connectivity index (χ0v) is 23.9. The van der Waals surface area contributed by atoms with Crippen molar-refractivity contribution in [1.82, 2.24) is 4.90 Å². The van der Waals surface area contributed by atoms with Crippen molar-refractivity contribution in [3.8, 4) is 11.3 Å². The summed E-state index contributed by atoms with van der Waals surface area (Å²) in [4.78, 5) is 17.2. The average molecular weight is 601 g/mol. The molecule has 200 valence electrons. The van der Waals surface area contributed by atoms with E-state index in [-0.39, 0.29) is 5.91 Å². The Kier molecular flexibility index (Phi) is 8.85. The number of benzene rings is 3. The van der Waals surface area contributed by atoms with Crippen molar-refractivity contribution in [1.29, 1.82) is 0 Å². The van der Waals surface area contributed by atoms with Crippen molar-refractivity contribution in [3.05, 3.63) is 110 Å². The summed E-state index contributed by atoms with van der Waals surface area (Å²) in [6, 6.07) is 22.3. The fraction of sp³-hybridized carbons (Fsp3) is 0.167. The quantitative estimate of drug-likeness (QED) is 0.216. The van der Waals surface area contributed by atoms with Crippen molar-refractivity contribution < 1.29 is 9.21 Å². The molecular weight excluding hydrogens is 576 g/mol. The van der Waals surface area contributed by atoms with Crippen LogP contribution in [0.1, 0.15) is 11.3 Å². The molecule has 3 aromatic carbocycles. The number of carbonyl (C=O) groups excluding carboxylic acids is 1. The lowest BCUT2D eigenvalue weighted by molar-refractivity contribution is -0.111. The Morgan fingerprint density at radius 2 is 1.64 bits per heavy atom. The van der Waals surface area contributed by atoms with Gasteiger partial charge in [0, 0.05) is 60.1 Å². The van der Waals surface area contributed by atoms with E-state index in [1.165, 1.54) is 6.08 Å². The molecule has 0 aliphatic carbocycles. The van der Waals surface area contributed by atoms with Crippen LogP contribution in [0.5, 0.6) is 0 Å². The number of rotatable bonds is 7. The maximum absolute atomic E-state index is 12.5. The predicted octanol–water partition coefficient (Wildman–Crippen LogP) is 8.53. The number of hydrogen-bond donors (Lipinski definition) is 1. The van der Waals surface area contributed by atoms with Crippen LogP contribution in [-0.2, 0) is 11.3 Å². The van der Waals surface area contributed by atoms with Crippen molar-refractivity contribution >= 4 is 69.8 Å². The molecule has 1 aromatic heterocycles. The first-order chi connectivity index (χ1) is 18.9. The van der Waals surface area contributed by atoms with Crippen LogP contribution >= 0.6 is 46.4 Å². The van der Waals surface area contributed by atoms with E-state index in [0.717, 1.165) is 54.6 Å². The SMILES string of the molecule is O=C(C=Cc1ccc(-c2ccc(Cl)cc2Cl)o1)Nc1ccc(N2CCN(Cc3ccccc3Cl)CC2)c(Cl)c1. The molecule has 5 rings (SSSR count). The van der Waals surface area contributed by atoms with Gasteiger partial charge < -0.3 is 14.6 Å². The lowest BCUT2D eigenvalue weighted by atomic mass is 10.2. The number of nitrogens with one attached hydrogen (secondary N) is 1. The Morgan fingerprint density at radius 3 is 2.38 bits per heavy atom. The fourth-order valence-corrected chi connectivity index (χ4v) is 5.47. The topological polar surface area (TPSA) is 48.7 Å². The third-order valence-electron chi connectivity index (χ3n) is 6.50. The summed E-state index contributed by atoms with van der Waals surface area (Å²) >= 11 is 25.2. The van der Waals surface area contributed by atoms with E-state index < -0.39 is 0 Å². The summed E-state index contributed by atoms with van der Waals surface area (Å²) in [6.07, 6.45) is 3.01. The number of halogens is 4. The largest absolute Gasteiger partial charge is 0.457 e. The highest BCUT2D eigenvalue weighted by Crippen LogP contribution is 2.32. The van der Waals surface area contributed by atoms with Crippen LogP contribution in [0.25, 0.3) is 17.4 Å². The second-order valence-corrected chi connectivity index (χ2v) is 10.8. The number of nitrogens with zero attached hydrogens (tertiary/aromatic N) is 2. The molecule has 0 radical (unpaired) electrons. The van der Waals surface area contributed by atoms with Gasteiger partial charge in [0.25, 0.3) is 0 Å². The Hall–Kier alpha value is -2.93. The highest BCUT2D eigenvalue weighted by Gasteiger charge is 2.20. The maximum atomic E-state index is 12.5. The van der Waals surface area contributed by atoms with Crippen LogP contribution in [0.3, 0.4) is 0 Å². The van der Waals surface area contributed by atoms with Gasteiger partial charge in [-0.15, -0.1) is 0 Å². The van der Waals surface area contributed by atoms with E-state index in [0.29, 0.717) is 32.3 Å². The minimum Gasteiger partial charge on any atom is -0.457 e. The van der Waals surface area contributed by atoms with E-state index in [9.17, 15) is 4.79 Å². The van der Waals surface area contributed by atoms with E-state index >= 15 is 0 Å². The second kappa shape index (κ2) is 12.5. The Balaban J connectivity index is 1.15. The van der Waals surface area contributed by atoms with Gasteiger partial charge in [-0.2, -0.15) is 0 Å². The number of furan rings is 1. The van der Waals surface area contributed by atoms with Gasteiger partial charge in [-0.05, 0) is 66.2 Å². The molecule has 1 aliphatic heterocycles. The number of carbonyl (C=O) groups is 1. The van der Waals surface area contributed by atoms with Crippen molar-refractivity contribution in [2.45, 2.75) is 6.54 Å². The van der Waals surface area contributed by atoms with E-state index in [2.05, 4.69) is 21.2 Å². The monoisotopic (exact) mass is 599 g/mol. The summed E-state index contributed by atoms with van der Waals surface area (Å²) in [7, 11) is 0. The first-order valence-corrected chi connectivity index (χ1v) is 13.9. The highest BCUT2D eigenvalue weighted by molar-refractivity contribution is 6.36. The molecule has 0 bridgehead atoms. The second-order valence-electron chi connectivity index (χ2n) is 9.17. The third-order valence-corrected chi connectivity index (χ3v) is 7.72. The zero-order valence-electron chi connectivity index (χ0n) is 20.8. The van der Waals surface area contributed by atoms with Crippen LogP contribution in [0.2, 0.25) is 20.1 Å². The van der Waals surface area contributed by atoms with Gasteiger partial charge in [0.2, 0.25) is 5.91 Å². The lowest BCUT2D eigenvalue weighted by Gasteiger charge is -2.36. The van der Waals surface area contributed by atoms with E-state index in [4.69, 9.17) is 50.8 Å².